The van der Waals surface area contributed by atoms with Crippen molar-refractivity contribution in [3.8, 4) is 0 Å². The van der Waals surface area contributed by atoms with Crippen LogP contribution >= 0.6 is 11.8 Å². The minimum atomic E-state index is -0.452. The first kappa shape index (κ1) is 15.8. The quantitative estimate of drug-likeness (QED) is 0.901. The summed E-state index contributed by atoms with van der Waals surface area (Å²) in [6.45, 7) is 4.12. The molecule has 7 heteroatoms. The van der Waals surface area contributed by atoms with Crippen molar-refractivity contribution in [3.63, 3.8) is 0 Å². The SMILES string of the molecule is COCC(C)OC(=O)NC1SC(c2cccnc2)=NC1C. The van der Waals surface area contributed by atoms with Crippen LogP contribution in [0.5, 0.6) is 0 Å². The second kappa shape index (κ2) is 7.42. The summed E-state index contributed by atoms with van der Waals surface area (Å²) in [4.78, 5) is 20.4. The van der Waals surface area contributed by atoms with Crippen molar-refractivity contribution in [3.05, 3.63) is 30.1 Å². The van der Waals surface area contributed by atoms with Gasteiger partial charge in [0.2, 0.25) is 0 Å². The number of pyridine rings is 1. The van der Waals surface area contributed by atoms with Gasteiger partial charge in [0.05, 0.1) is 12.6 Å². The van der Waals surface area contributed by atoms with E-state index in [0.717, 1.165) is 10.6 Å². The average molecular weight is 309 g/mol. The monoisotopic (exact) mass is 309 g/mol. The minimum Gasteiger partial charge on any atom is -0.444 e. The number of rotatable bonds is 5. The molecule has 3 atom stereocenters. The number of methoxy groups -OCH3 is 1. The third-order valence-electron chi connectivity index (χ3n) is 2.88. The molecular weight excluding hydrogens is 290 g/mol. The molecule has 114 valence electrons. The van der Waals surface area contributed by atoms with Crippen molar-refractivity contribution in [1.29, 1.82) is 0 Å². The van der Waals surface area contributed by atoms with Gasteiger partial charge in [-0.25, -0.2) is 4.79 Å². The fourth-order valence-corrected chi connectivity index (χ4v) is 3.02. The Kier molecular flexibility index (Phi) is 5.58. The summed E-state index contributed by atoms with van der Waals surface area (Å²) in [6, 6.07) is 3.80. The molecule has 0 aromatic carbocycles. The average Bonchev–Trinajstić information content (AvgIpc) is 2.81. The van der Waals surface area contributed by atoms with Crippen LogP contribution in [0.25, 0.3) is 0 Å². The van der Waals surface area contributed by atoms with E-state index in [4.69, 9.17) is 9.47 Å². The number of aliphatic imine (C=N–C) groups is 1. The lowest BCUT2D eigenvalue weighted by atomic mass is 10.3. The van der Waals surface area contributed by atoms with Gasteiger partial charge >= 0.3 is 6.09 Å². The van der Waals surface area contributed by atoms with Crippen molar-refractivity contribution >= 4 is 22.9 Å². The van der Waals surface area contributed by atoms with Crippen LogP contribution in [-0.4, -0.2) is 47.4 Å². The van der Waals surface area contributed by atoms with Crippen molar-refractivity contribution in [2.75, 3.05) is 13.7 Å². The third kappa shape index (κ3) is 4.44. The zero-order chi connectivity index (χ0) is 15.2. The van der Waals surface area contributed by atoms with Crippen LogP contribution in [-0.2, 0) is 9.47 Å². The van der Waals surface area contributed by atoms with Crippen LogP contribution in [0.4, 0.5) is 4.79 Å². The Labute approximate surface area is 128 Å². The number of alkyl carbamates (subject to hydrolysis) is 1. The van der Waals surface area contributed by atoms with Gasteiger partial charge in [0, 0.05) is 25.1 Å². The summed E-state index contributed by atoms with van der Waals surface area (Å²) in [5.74, 6) is 0. The molecule has 0 fully saturated rings. The molecule has 0 saturated carbocycles. The van der Waals surface area contributed by atoms with Crippen LogP contribution in [0.2, 0.25) is 0 Å². The zero-order valence-electron chi connectivity index (χ0n) is 12.3. The smallest absolute Gasteiger partial charge is 0.408 e. The van der Waals surface area contributed by atoms with E-state index < -0.39 is 6.09 Å². The highest BCUT2D eigenvalue weighted by Gasteiger charge is 2.29. The molecule has 0 aliphatic carbocycles. The van der Waals surface area contributed by atoms with E-state index in [1.54, 1.807) is 26.4 Å². The Morgan fingerprint density at radius 2 is 2.38 bits per heavy atom. The lowest BCUT2D eigenvalue weighted by molar-refractivity contribution is 0.0485. The molecule has 1 amide bonds. The summed E-state index contributed by atoms with van der Waals surface area (Å²) in [7, 11) is 1.57. The van der Waals surface area contributed by atoms with Crippen LogP contribution in [0.1, 0.15) is 19.4 Å². The molecule has 1 aliphatic heterocycles. The van der Waals surface area contributed by atoms with Crippen molar-refractivity contribution < 1.29 is 14.3 Å². The first-order chi connectivity index (χ1) is 10.1. The molecule has 0 radical (unpaired) electrons. The number of nitrogens with zero attached hydrogens (tertiary/aromatic N) is 2. The van der Waals surface area contributed by atoms with E-state index in [-0.39, 0.29) is 17.5 Å². The van der Waals surface area contributed by atoms with Crippen molar-refractivity contribution in [2.24, 2.45) is 4.99 Å². The van der Waals surface area contributed by atoms with E-state index in [2.05, 4.69) is 15.3 Å². The number of aromatic nitrogens is 1. The van der Waals surface area contributed by atoms with E-state index in [0.29, 0.717) is 6.61 Å². The molecule has 1 aromatic heterocycles. The molecule has 0 spiro atoms. The van der Waals surface area contributed by atoms with Crippen LogP contribution in [0.15, 0.2) is 29.5 Å². The molecule has 1 aliphatic rings. The first-order valence-corrected chi connectivity index (χ1v) is 7.59. The highest BCUT2D eigenvalue weighted by molar-refractivity contribution is 8.15. The number of carbonyl (C=O) groups is 1. The Morgan fingerprint density at radius 3 is 3.05 bits per heavy atom. The molecule has 2 heterocycles. The molecule has 0 bridgehead atoms. The van der Waals surface area contributed by atoms with E-state index in [9.17, 15) is 4.79 Å². The number of nitrogens with one attached hydrogen (secondary N) is 1. The summed E-state index contributed by atoms with van der Waals surface area (Å²) in [6.07, 6.45) is 2.75. The number of carbonyl (C=O) groups excluding carboxylic acids is 1. The lowest BCUT2D eigenvalue weighted by Crippen LogP contribution is -2.39. The molecule has 3 unspecified atom stereocenters. The summed E-state index contributed by atoms with van der Waals surface area (Å²) in [5, 5.41) is 3.57. The third-order valence-corrected chi connectivity index (χ3v) is 4.21. The normalized spacial score (nSPS) is 22.5. The van der Waals surface area contributed by atoms with Gasteiger partial charge in [0.15, 0.2) is 0 Å². The van der Waals surface area contributed by atoms with Crippen molar-refractivity contribution in [2.45, 2.75) is 31.4 Å². The Bertz CT molecular complexity index is 509. The largest absolute Gasteiger partial charge is 0.444 e. The van der Waals surface area contributed by atoms with Crippen molar-refractivity contribution in [1.82, 2.24) is 10.3 Å². The predicted molar refractivity (Wildman–Crippen MR) is 82.6 cm³/mol. The Hall–Kier alpha value is -1.60. The number of hydrogen-bond donors (Lipinski definition) is 1. The van der Waals surface area contributed by atoms with Crippen LogP contribution in [0, 0.1) is 0 Å². The maximum Gasteiger partial charge on any atom is 0.408 e. The van der Waals surface area contributed by atoms with E-state index in [1.165, 1.54) is 11.8 Å². The molecule has 6 nitrogen and oxygen atoms in total. The standard InChI is InChI=1S/C14H19N3O3S/c1-9(8-19-3)20-14(18)17-12-10(2)16-13(21-12)11-5-4-6-15-7-11/h4-7,9-10,12H,8H2,1-3H3,(H,17,18). The first-order valence-electron chi connectivity index (χ1n) is 6.71. The highest BCUT2D eigenvalue weighted by atomic mass is 32.2. The maximum absolute atomic E-state index is 11.8. The number of amides is 1. The van der Waals surface area contributed by atoms with E-state index in [1.807, 2.05) is 19.1 Å². The molecule has 2 rings (SSSR count). The number of ether oxygens (including phenoxy) is 2. The fraction of sp³-hybridized carbons (Fsp3) is 0.500. The molecule has 1 N–H and O–H groups in total. The molecule has 21 heavy (non-hydrogen) atoms. The second-order valence-electron chi connectivity index (χ2n) is 4.77. The van der Waals surface area contributed by atoms with Gasteiger partial charge in [0.1, 0.15) is 16.5 Å². The molecule has 1 aromatic rings. The number of hydrogen-bond acceptors (Lipinski definition) is 6. The zero-order valence-corrected chi connectivity index (χ0v) is 13.1. The van der Waals surface area contributed by atoms with Crippen LogP contribution in [0.3, 0.4) is 0 Å². The van der Waals surface area contributed by atoms with Gasteiger partial charge in [0.25, 0.3) is 0 Å². The summed E-state index contributed by atoms with van der Waals surface area (Å²) < 4.78 is 10.1. The molecule has 0 saturated heterocycles. The predicted octanol–water partition coefficient (Wildman–Crippen LogP) is 2.05. The van der Waals surface area contributed by atoms with Gasteiger partial charge in [-0.1, -0.05) is 11.8 Å². The Balaban J connectivity index is 1.88. The second-order valence-corrected chi connectivity index (χ2v) is 5.90. The van der Waals surface area contributed by atoms with Gasteiger partial charge in [-0.3, -0.25) is 9.98 Å². The van der Waals surface area contributed by atoms with Gasteiger partial charge in [-0.05, 0) is 26.0 Å². The Morgan fingerprint density at radius 1 is 1.57 bits per heavy atom. The highest BCUT2D eigenvalue weighted by Crippen LogP contribution is 2.28. The fourth-order valence-electron chi connectivity index (χ4n) is 1.89. The number of thioether (sulfide) groups is 1. The van der Waals surface area contributed by atoms with Crippen LogP contribution < -0.4 is 5.32 Å². The maximum atomic E-state index is 11.8. The summed E-state index contributed by atoms with van der Waals surface area (Å²) >= 11 is 1.51. The summed E-state index contributed by atoms with van der Waals surface area (Å²) in [5.41, 5.74) is 0.958. The molecular formula is C14H19N3O3S. The van der Waals surface area contributed by atoms with Gasteiger partial charge in [-0.2, -0.15) is 0 Å². The minimum absolute atomic E-state index is 0.0181. The van der Waals surface area contributed by atoms with Gasteiger partial charge < -0.3 is 14.8 Å². The van der Waals surface area contributed by atoms with E-state index >= 15 is 0 Å². The van der Waals surface area contributed by atoms with Gasteiger partial charge in [-0.15, -0.1) is 0 Å². The lowest BCUT2D eigenvalue weighted by Gasteiger charge is -2.18. The topological polar surface area (TPSA) is 72.8 Å².